The Morgan fingerprint density at radius 1 is 1.20 bits per heavy atom. The molecule has 0 aliphatic heterocycles. The van der Waals surface area contributed by atoms with Crippen molar-refractivity contribution in [2.24, 2.45) is 0 Å². The number of hydrogen-bond acceptors (Lipinski definition) is 2. The van der Waals surface area contributed by atoms with Gasteiger partial charge in [-0.25, -0.2) is 0 Å². The van der Waals surface area contributed by atoms with Crippen LogP contribution in [0, 0.1) is 0 Å². The van der Waals surface area contributed by atoms with Gasteiger partial charge in [-0.2, -0.15) is 0 Å². The van der Waals surface area contributed by atoms with Crippen LogP contribution in [0.3, 0.4) is 0 Å². The molecule has 0 bridgehead atoms. The molecule has 15 heavy (non-hydrogen) atoms. The largest absolute Gasteiger partial charge is 0.453 e. The van der Waals surface area contributed by atoms with E-state index < -0.39 is 0 Å². The summed E-state index contributed by atoms with van der Waals surface area (Å²) in [5.41, 5.74) is 0. The molecular formula is C12H18BrNO. The zero-order valence-electron chi connectivity index (χ0n) is 8.97. The molecule has 0 aromatic carbocycles. The molecule has 0 radical (unpaired) electrons. The summed E-state index contributed by atoms with van der Waals surface area (Å²) in [7, 11) is 0. The summed E-state index contributed by atoms with van der Waals surface area (Å²) < 4.78 is 6.28. The minimum atomic E-state index is 0.691. The van der Waals surface area contributed by atoms with Crippen molar-refractivity contribution in [3.05, 3.63) is 22.6 Å². The molecule has 84 valence electrons. The predicted molar refractivity (Wildman–Crippen MR) is 64.7 cm³/mol. The molecule has 1 aromatic rings. The van der Waals surface area contributed by atoms with Gasteiger partial charge in [-0.3, -0.25) is 0 Å². The van der Waals surface area contributed by atoms with Gasteiger partial charge < -0.3 is 9.73 Å². The Balaban J connectivity index is 1.76. The minimum Gasteiger partial charge on any atom is -0.453 e. The Kier molecular flexibility index (Phi) is 4.27. The molecule has 1 heterocycles. The first-order chi connectivity index (χ1) is 7.34. The zero-order chi connectivity index (χ0) is 10.5. The van der Waals surface area contributed by atoms with Crippen LogP contribution in [0.5, 0.6) is 0 Å². The monoisotopic (exact) mass is 271 g/mol. The van der Waals surface area contributed by atoms with E-state index in [9.17, 15) is 0 Å². The summed E-state index contributed by atoms with van der Waals surface area (Å²) in [5.74, 6) is 1.02. The number of halogens is 1. The SMILES string of the molecule is Brc1ccc(CNC2CCCCCC2)o1. The van der Waals surface area contributed by atoms with Crippen LogP contribution >= 0.6 is 15.9 Å². The van der Waals surface area contributed by atoms with Gasteiger partial charge in [0, 0.05) is 6.04 Å². The normalized spacial score (nSPS) is 19.0. The molecule has 0 saturated heterocycles. The highest BCUT2D eigenvalue weighted by molar-refractivity contribution is 9.10. The van der Waals surface area contributed by atoms with Crippen molar-refractivity contribution >= 4 is 15.9 Å². The van der Waals surface area contributed by atoms with Crippen LogP contribution in [0.25, 0.3) is 0 Å². The van der Waals surface area contributed by atoms with E-state index in [0.717, 1.165) is 17.0 Å². The minimum absolute atomic E-state index is 0.691. The lowest BCUT2D eigenvalue weighted by Crippen LogP contribution is -2.27. The Morgan fingerprint density at radius 3 is 2.53 bits per heavy atom. The highest BCUT2D eigenvalue weighted by Crippen LogP contribution is 2.18. The van der Waals surface area contributed by atoms with E-state index in [1.807, 2.05) is 12.1 Å². The van der Waals surface area contributed by atoms with E-state index in [1.165, 1.54) is 38.5 Å². The topological polar surface area (TPSA) is 25.2 Å². The van der Waals surface area contributed by atoms with Crippen molar-refractivity contribution in [1.82, 2.24) is 5.32 Å². The van der Waals surface area contributed by atoms with Gasteiger partial charge in [0.1, 0.15) is 5.76 Å². The van der Waals surface area contributed by atoms with E-state index >= 15 is 0 Å². The van der Waals surface area contributed by atoms with Crippen molar-refractivity contribution in [3.8, 4) is 0 Å². The van der Waals surface area contributed by atoms with Gasteiger partial charge in [0.2, 0.25) is 0 Å². The predicted octanol–water partition coefficient (Wildman–Crippen LogP) is 3.85. The van der Waals surface area contributed by atoms with E-state index in [1.54, 1.807) is 0 Å². The fourth-order valence-electron chi connectivity index (χ4n) is 2.18. The van der Waals surface area contributed by atoms with Gasteiger partial charge in [-0.15, -0.1) is 0 Å². The molecule has 1 aromatic heterocycles. The Morgan fingerprint density at radius 2 is 1.93 bits per heavy atom. The number of hydrogen-bond donors (Lipinski definition) is 1. The lowest BCUT2D eigenvalue weighted by Gasteiger charge is -2.14. The first-order valence-corrected chi connectivity index (χ1v) is 6.61. The molecule has 1 saturated carbocycles. The fourth-order valence-corrected chi connectivity index (χ4v) is 2.52. The van der Waals surface area contributed by atoms with Gasteiger partial charge >= 0.3 is 0 Å². The molecule has 1 N–H and O–H groups in total. The van der Waals surface area contributed by atoms with Crippen LogP contribution in [0.2, 0.25) is 0 Å². The average molecular weight is 272 g/mol. The lowest BCUT2D eigenvalue weighted by atomic mass is 10.1. The second-order valence-corrected chi connectivity index (χ2v) is 5.06. The summed E-state index contributed by atoms with van der Waals surface area (Å²) in [6, 6.07) is 4.66. The quantitative estimate of drug-likeness (QED) is 0.845. The molecule has 0 unspecified atom stereocenters. The van der Waals surface area contributed by atoms with Crippen LogP contribution in [-0.4, -0.2) is 6.04 Å². The lowest BCUT2D eigenvalue weighted by molar-refractivity contribution is 0.410. The Bertz CT molecular complexity index is 290. The van der Waals surface area contributed by atoms with E-state index in [-0.39, 0.29) is 0 Å². The third-order valence-electron chi connectivity index (χ3n) is 3.05. The van der Waals surface area contributed by atoms with Crippen molar-refractivity contribution in [2.45, 2.75) is 51.1 Å². The molecular weight excluding hydrogens is 254 g/mol. The van der Waals surface area contributed by atoms with Crippen LogP contribution in [0.15, 0.2) is 21.2 Å². The molecule has 2 nitrogen and oxygen atoms in total. The molecule has 1 aliphatic carbocycles. The van der Waals surface area contributed by atoms with Crippen molar-refractivity contribution in [2.75, 3.05) is 0 Å². The maximum atomic E-state index is 5.46. The molecule has 1 aliphatic rings. The van der Waals surface area contributed by atoms with Crippen LogP contribution in [-0.2, 0) is 6.54 Å². The third kappa shape index (κ3) is 3.65. The first kappa shape index (κ1) is 11.2. The van der Waals surface area contributed by atoms with Gasteiger partial charge in [-0.05, 0) is 40.9 Å². The summed E-state index contributed by atoms with van der Waals surface area (Å²) in [6.45, 7) is 0.857. The highest BCUT2D eigenvalue weighted by atomic mass is 79.9. The molecule has 0 amide bonds. The standard InChI is InChI=1S/C12H18BrNO/c13-12-8-7-11(15-12)9-14-10-5-3-1-2-4-6-10/h7-8,10,14H,1-6,9H2. The number of furan rings is 1. The molecule has 1 fully saturated rings. The molecule has 0 spiro atoms. The number of nitrogens with one attached hydrogen (secondary N) is 1. The van der Waals surface area contributed by atoms with Crippen molar-refractivity contribution in [3.63, 3.8) is 0 Å². The zero-order valence-corrected chi connectivity index (χ0v) is 10.6. The van der Waals surface area contributed by atoms with Crippen molar-refractivity contribution < 1.29 is 4.42 Å². The van der Waals surface area contributed by atoms with Gasteiger partial charge in [0.05, 0.1) is 6.54 Å². The number of rotatable bonds is 3. The second-order valence-electron chi connectivity index (χ2n) is 4.28. The smallest absolute Gasteiger partial charge is 0.169 e. The first-order valence-electron chi connectivity index (χ1n) is 5.82. The van der Waals surface area contributed by atoms with Gasteiger partial charge in [0.15, 0.2) is 4.67 Å². The van der Waals surface area contributed by atoms with E-state index in [0.29, 0.717) is 6.04 Å². The van der Waals surface area contributed by atoms with Gasteiger partial charge in [0.25, 0.3) is 0 Å². The van der Waals surface area contributed by atoms with Crippen LogP contribution in [0.4, 0.5) is 0 Å². The molecule has 0 atom stereocenters. The fraction of sp³-hybridized carbons (Fsp3) is 0.667. The molecule has 2 rings (SSSR count). The van der Waals surface area contributed by atoms with Crippen molar-refractivity contribution in [1.29, 1.82) is 0 Å². The summed E-state index contributed by atoms with van der Waals surface area (Å²) >= 11 is 3.32. The van der Waals surface area contributed by atoms with Crippen LogP contribution in [0.1, 0.15) is 44.3 Å². The average Bonchev–Trinajstić information content (AvgIpc) is 2.52. The Labute approximate surface area is 99.6 Å². The van der Waals surface area contributed by atoms with E-state index in [4.69, 9.17) is 4.42 Å². The highest BCUT2D eigenvalue weighted by Gasteiger charge is 2.11. The summed E-state index contributed by atoms with van der Waals surface area (Å²) in [6.07, 6.45) is 8.21. The Hall–Kier alpha value is -0.280. The maximum absolute atomic E-state index is 5.46. The summed E-state index contributed by atoms with van der Waals surface area (Å²) in [4.78, 5) is 0. The van der Waals surface area contributed by atoms with Gasteiger partial charge in [-0.1, -0.05) is 25.7 Å². The maximum Gasteiger partial charge on any atom is 0.169 e. The second kappa shape index (κ2) is 5.71. The molecule has 3 heteroatoms. The third-order valence-corrected chi connectivity index (χ3v) is 3.48. The summed E-state index contributed by atoms with van der Waals surface area (Å²) in [5, 5.41) is 3.58. The van der Waals surface area contributed by atoms with Crippen LogP contribution < -0.4 is 5.32 Å². The van der Waals surface area contributed by atoms with E-state index in [2.05, 4.69) is 21.2 Å².